The minimum absolute atomic E-state index is 0.511. The summed E-state index contributed by atoms with van der Waals surface area (Å²) in [5.74, 6) is 2.03. The molecule has 2 rings (SSSR count). The largest absolute Gasteiger partial charge is 0.357 e. The van der Waals surface area contributed by atoms with Gasteiger partial charge in [-0.1, -0.05) is 12.2 Å². The molecular weight excluding hydrogens is 262 g/mol. The van der Waals surface area contributed by atoms with Gasteiger partial charge in [0, 0.05) is 38.1 Å². The number of unbranched alkanes of at least 4 members (excludes halogenated alkanes) is 1. The number of nitrogens with zero attached hydrogens (tertiary/aromatic N) is 3. The number of aryl methyl sites for hydroxylation is 2. The second-order valence-electron chi connectivity index (χ2n) is 5.42. The Labute approximate surface area is 127 Å². The van der Waals surface area contributed by atoms with Gasteiger partial charge < -0.3 is 15.2 Å². The second-order valence-corrected chi connectivity index (χ2v) is 5.42. The van der Waals surface area contributed by atoms with Crippen LogP contribution in [0.2, 0.25) is 0 Å². The molecule has 0 spiro atoms. The smallest absolute Gasteiger partial charge is 0.191 e. The van der Waals surface area contributed by atoms with Gasteiger partial charge in [-0.2, -0.15) is 0 Å². The SMILES string of the molecule is CCNC(=NCCCCn1ccnc1C)NC1CC=CC1. The fraction of sp³-hybridized carbons (Fsp3) is 0.625. The Morgan fingerprint density at radius 1 is 1.38 bits per heavy atom. The van der Waals surface area contributed by atoms with Crippen molar-refractivity contribution in [3.05, 3.63) is 30.4 Å². The van der Waals surface area contributed by atoms with Gasteiger partial charge in [0.1, 0.15) is 5.82 Å². The standard InChI is InChI=1S/C16H27N5/c1-3-17-16(20-15-8-4-5-9-15)19-10-6-7-12-21-13-11-18-14(21)2/h4-5,11,13,15H,3,6-10,12H2,1-2H3,(H2,17,19,20). The lowest BCUT2D eigenvalue weighted by molar-refractivity contribution is 0.596. The van der Waals surface area contributed by atoms with Crippen LogP contribution >= 0.6 is 0 Å². The lowest BCUT2D eigenvalue weighted by Crippen LogP contribution is -2.42. The Morgan fingerprint density at radius 2 is 2.19 bits per heavy atom. The zero-order valence-corrected chi connectivity index (χ0v) is 13.2. The van der Waals surface area contributed by atoms with E-state index in [1.54, 1.807) is 0 Å². The number of hydrogen-bond acceptors (Lipinski definition) is 2. The van der Waals surface area contributed by atoms with E-state index in [-0.39, 0.29) is 0 Å². The fourth-order valence-electron chi connectivity index (χ4n) is 2.47. The molecule has 0 bridgehead atoms. The second kappa shape index (κ2) is 8.49. The van der Waals surface area contributed by atoms with Gasteiger partial charge >= 0.3 is 0 Å². The van der Waals surface area contributed by atoms with Crippen molar-refractivity contribution in [3.63, 3.8) is 0 Å². The molecule has 0 unspecified atom stereocenters. The van der Waals surface area contributed by atoms with Crippen molar-refractivity contribution in [2.45, 2.75) is 52.1 Å². The average Bonchev–Trinajstić information content (AvgIpc) is 3.11. The van der Waals surface area contributed by atoms with E-state index in [4.69, 9.17) is 0 Å². The predicted molar refractivity (Wildman–Crippen MR) is 87.5 cm³/mol. The molecule has 0 saturated heterocycles. The number of imidazole rings is 1. The Hall–Kier alpha value is -1.78. The summed E-state index contributed by atoms with van der Waals surface area (Å²) in [5, 5.41) is 6.81. The van der Waals surface area contributed by atoms with E-state index in [0.29, 0.717) is 6.04 Å². The topological polar surface area (TPSA) is 54.2 Å². The molecule has 0 fully saturated rings. The van der Waals surface area contributed by atoms with Crippen LogP contribution in [-0.2, 0) is 6.54 Å². The van der Waals surface area contributed by atoms with E-state index in [9.17, 15) is 0 Å². The van der Waals surface area contributed by atoms with Gasteiger partial charge in [0.25, 0.3) is 0 Å². The predicted octanol–water partition coefficient (Wildman–Crippen LogP) is 2.25. The van der Waals surface area contributed by atoms with Crippen molar-refractivity contribution in [3.8, 4) is 0 Å². The highest BCUT2D eigenvalue weighted by Gasteiger charge is 2.11. The van der Waals surface area contributed by atoms with Crippen LogP contribution in [0.25, 0.3) is 0 Å². The molecule has 21 heavy (non-hydrogen) atoms. The summed E-state index contributed by atoms with van der Waals surface area (Å²) in [7, 11) is 0. The van der Waals surface area contributed by atoms with Gasteiger partial charge in [0.05, 0.1) is 0 Å². The van der Waals surface area contributed by atoms with Gasteiger partial charge in [0.15, 0.2) is 5.96 Å². The molecule has 1 aromatic rings. The maximum atomic E-state index is 4.66. The van der Waals surface area contributed by atoms with Crippen LogP contribution in [0.1, 0.15) is 38.4 Å². The first-order valence-corrected chi connectivity index (χ1v) is 7.97. The molecule has 0 atom stereocenters. The van der Waals surface area contributed by atoms with Crippen LogP contribution < -0.4 is 10.6 Å². The molecule has 116 valence electrons. The molecule has 1 aliphatic rings. The molecular formula is C16H27N5. The summed E-state index contributed by atoms with van der Waals surface area (Å²) in [6, 6.07) is 0.511. The molecule has 0 radical (unpaired) electrons. The zero-order valence-electron chi connectivity index (χ0n) is 13.2. The molecule has 1 aliphatic carbocycles. The van der Waals surface area contributed by atoms with Crippen LogP contribution in [0.15, 0.2) is 29.5 Å². The molecule has 2 N–H and O–H groups in total. The molecule has 5 nitrogen and oxygen atoms in total. The summed E-state index contributed by atoms with van der Waals surface area (Å²) in [6.45, 7) is 6.94. The quantitative estimate of drug-likeness (QED) is 0.350. The van der Waals surface area contributed by atoms with E-state index in [2.05, 4.69) is 44.3 Å². The highest BCUT2D eigenvalue weighted by Crippen LogP contribution is 2.08. The third-order valence-corrected chi connectivity index (χ3v) is 3.69. The van der Waals surface area contributed by atoms with Gasteiger partial charge in [-0.15, -0.1) is 0 Å². The van der Waals surface area contributed by atoms with Crippen LogP contribution in [0.5, 0.6) is 0 Å². The molecule has 0 amide bonds. The number of hydrogen-bond donors (Lipinski definition) is 2. The number of rotatable bonds is 7. The Kier molecular flexibility index (Phi) is 6.31. The van der Waals surface area contributed by atoms with Crippen LogP contribution in [0.4, 0.5) is 0 Å². The summed E-state index contributed by atoms with van der Waals surface area (Å²) < 4.78 is 2.19. The Bertz CT molecular complexity index is 467. The van der Waals surface area contributed by atoms with Crippen molar-refractivity contribution in [2.75, 3.05) is 13.1 Å². The van der Waals surface area contributed by atoms with E-state index in [0.717, 1.165) is 57.1 Å². The summed E-state index contributed by atoms with van der Waals surface area (Å²) in [5.41, 5.74) is 0. The minimum atomic E-state index is 0.511. The molecule has 1 heterocycles. The van der Waals surface area contributed by atoms with E-state index >= 15 is 0 Å². The Morgan fingerprint density at radius 3 is 2.86 bits per heavy atom. The third-order valence-electron chi connectivity index (χ3n) is 3.69. The first-order valence-electron chi connectivity index (χ1n) is 7.97. The van der Waals surface area contributed by atoms with Crippen molar-refractivity contribution >= 4 is 5.96 Å². The third kappa shape index (κ3) is 5.25. The minimum Gasteiger partial charge on any atom is -0.357 e. The summed E-state index contributed by atoms with van der Waals surface area (Å²) in [6.07, 6.45) is 12.8. The van der Waals surface area contributed by atoms with Gasteiger partial charge in [-0.25, -0.2) is 4.98 Å². The van der Waals surface area contributed by atoms with E-state index in [1.807, 2.05) is 19.3 Å². The highest BCUT2D eigenvalue weighted by molar-refractivity contribution is 5.80. The highest BCUT2D eigenvalue weighted by atomic mass is 15.2. The van der Waals surface area contributed by atoms with Crippen molar-refractivity contribution in [2.24, 2.45) is 4.99 Å². The maximum absolute atomic E-state index is 4.66. The van der Waals surface area contributed by atoms with Crippen molar-refractivity contribution in [1.29, 1.82) is 0 Å². The number of guanidine groups is 1. The van der Waals surface area contributed by atoms with E-state index < -0.39 is 0 Å². The van der Waals surface area contributed by atoms with Gasteiger partial charge in [-0.05, 0) is 39.5 Å². The Balaban J connectivity index is 1.68. The lowest BCUT2D eigenvalue weighted by Gasteiger charge is -2.16. The number of aliphatic imine (C=N–C) groups is 1. The van der Waals surface area contributed by atoms with Crippen LogP contribution in [0.3, 0.4) is 0 Å². The van der Waals surface area contributed by atoms with Gasteiger partial charge in [-0.3, -0.25) is 4.99 Å². The zero-order chi connectivity index (χ0) is 14.9. The molecule has 0 aromatic carbocycles. The molecule has 1 aromatic heterocycles. The first-order chi connectivity index (χ1) is 10.3. The van der Waals surface area contributed by atoms with E-state index in [1.165, 1.54) is 0 Å². The van der Waals surface area contributed by atoms with Crippen molar-refractivity contribution < 1.29 is 0 Å². The first kappa shape index (κ1) is 15.6. The molecule has 0 saturated carbocycles. The summed E-state index contributed by atoms with van der Waals surface area (Å²) >= 11 is 0. The lowest BCUT2D eigenvalue weighted by atomic mass is 10.2. The van der Waals surface area contributed by atoms with Crippen molar-refractivity contribution in [1.82, 2.24) is 20.2 Å². The van der Waals surface area contributed by atoms with Crippen LogP contribution in [0, 0.1) is 6.92 Å². The maximum Gasteiger partial charge on any atom is 0.191 e. The van der Waals surface area contributed by atoms with Gasteiger partial charge in [0.2, 0.25) is 0 Å². The summed E-state index contributed by atoms with van der Waals surface area (Å²) in [4.78, 5) is 8.89. The monoisotopic (exact) mass is 289 g/mol. The fourth-order valence-corrected chi connectivity index (χ4v) is 2.47. The van der Waals surface area contributed by atoms with Crippen LogP contribution in [-0.4, -0.2) is 34.6 Å². The normalized spacial score (nSPS) is 15.6. The molecule has 5 heteroatoms. The number of nitrogens with one attached hydrogen (secondary N) is 2. The number of aromatic nitrogens is 2. The molecule has 0 aliphatic heterocycles. The average molecular weight is 289 g/mol.